The summed E-state index contributed by atoms with van der Waals surface area (Å²) < 4.78 is 40.3. The minimum absolute atomic E-state index is 0.0397. The van der Waals surface area contributed by atoms with Gasteiger partial charge in [-0.15, -0.1) is 0 Å². The Hall–Kier alpha value is -3.38. The summed E-state index contributed by atoms with van der Waals surface area (Å²) >= 11 is 0. The van der Waals surface area contributed by atoms with E-state index in [2.05, 4.69) is 20.7 Å². The lowest BCUT2D eigenvalue weighted by Crippen LogP contribution is -2.35. The maximum atomic E-state index is 13.1. The first kappa shape index (κ1) is 25.2. The predicted octanol–water partition coefficient (Wildman–Crippen LogP) is 3.50. The molecule has 0 saturated heterocycles. The molecule has 0 spiro atoms. The maximum Gasteiger partial charge on any atom is 0.391 e. The van der Waals surface area contributed by atoms with E-state index in [9.17, 15) is 28.1 Å². The smallest absolute Gasteiger partial charge is 0.383 e. The lowest BCUT2D eigenvalue weighted by atomic mass is 9.81. The van der Waals surface area contributed by atoms with Crippen molar-refractivity contribution >= 4 is 23.0 Å². The van der Waals surface area contributed by atoms with Crippen LogP contribution in [0.15, 0.2) is 18.5 Å². The van der Waals surface area contributed by atoms with Crippen LogP contribution in [0.5, 0.6) is 0 Å². The van der Waals surface area contributed by atoms with Crippen LogP contribution < -0.4 is 15.5 Å². The van der Waals surface area contributed by atoms with E-state index in [-0.39, 0.29) is 42.2 Å². The second-order valence-electron chi connectivity index (χ2n) is 8.52. The fourth-order valence-corrected chi connectivity index (χ4v) is 4.21. The van der Waals surface area contributed by atoms with Gasteiger partial charge in [0.05, 0.1) is 28.6 Å². The summed E-state index contributed by atoms with van der Waals surface area (Å²) in [6.07, 6.45) is -1.98. The summed E-state index contributed by atoms with van der Waals surface area (Å²) in [4.78, 5) is 30.0. The standard InChI is InChI=1S/C21H28F3N7O3/c1-25-16-9-17(29(2)11-19-27-12-28-30(19)3)15(8-18(16)31(33)34)20(32)26-10-13-4-6-14(7-5-13)21(22,23)24/h8-9,12-14,25H,4-7,10-11H2,1-3H3,(H,26,32). The summed E-state index contributed by atoms with van der Waals surface area (Å²) in [6.45, 7) is 0.497. The van der Waals surface area contributed by atoms with Gasteiger partial charge in [-0.3, -0.25) is 19.6 Å². The van der Waals surface area contributed by atoms with Gasteiger partial charge in [0.15, 0.2) is 0 Å². The number of nitro groups is 1. The number of amides is 1. The zero-order chi connectivity index (χ0) is 25.0. The zero-order valence-electron chi connectivity index (χ0n) is 19.2. The van der Waals surface area contributed by atoms with Crippen molar-refractivity contribution in [2.45, 2.75) is 38.4 Å². The molecule has 1 heterocycles. The van der Waals surface area contributed by atoms with E-state index in [1.54, 1.807) is 30.7 Å². The number of aromatic nitrogens is 3. The van der Waals surface area contributed by atoms with Crippen molar-refractivity contribution in [3.63, 3.8) is 0 Å². The molecule has 34 heavy (non-hydrogen) atoms. The van der Waals surface area contributed by atoms with E-state index < -0.39 is 22.9 Å². The highest BCUT2D eigenvalue weighted by Crippen LogP contribution is 2.39. The SMILES string of the molecule is CNc1cc(N(C)Cc2ncnn2C)c(C(=O)NCC2CCC(C(F)(F)F)CC2)cc1[N+](=O)[O-]. The number of carbonyl (C=O) groups is 1. The Kier molecular flexibility index (Phi) is 7.62. The number of carbonyl (C=O) groups excluding carboxylic acids is 1. The number of hydrogen-bond donors (Lipinski definition) is 2. The van der Waals surface area contributed by atoms with Crippen molar-refractivity contribution in [1.82, 2.24) is 20.1 Å². The predicted molar refractivity (Wildman–Crippen MR) is 120 cm³/mol. The molecule has 2 aromatic rings. The number of hydrogen-bond acceptors (Lipinski definition) is 7. The topological polar surface area (TPSA) is 118 Å². The van der Waals surface area contributed by atoms with E-state index in [1.807, 2.05) is 0 Å². The third-order valence-corrected chi connectivity index (χ3v) is 6.28. The molecule has 1 aromatic heterocycles. The minimum Gasteiger partial charge on any atom is -0.383 e. The van der Waals surface area contributed by atoms with Gasteiger partial charge in [-0.05, 0) is 37.7 Å². The van der Waals surface area contributed by atoms with Gasteiger partial charge in [-0.25, -0.2) is 4.98 Å². The van der Waals surface area contributed by atoms with Crippen molar-refractivity contribution < 1.29 is 22.9 Å². The Morgan fingerprint density at radius 1 is 1.29 bits per heavy atom. The molecule has 0 bridgehead atoms. The molecule has 3 rings (SSSR count). The monoisotopic (exact) mass is 483 g/mol. The Morgan fingerprint density at radius 3 is 2.50 bits per heavy atom. The number of alkyl halides is 3. The summed E-state index contributed by atoms with van der Waals surface area (Å²) in [7, 11) is 5.00. The van der Waals surface area contributed by atoms with Crippen LogP contribution in [-0.4, -0.2) is 52.4 Å². The Labute approximate surface area is 194 Å². The normalized spacial score (nSPS) is 18.4. The van der Waals surface area contributed by atoms with Gasteiger partial charge >= 0.3 is 6.18 Å². The molecule has 1 fully saturated rings. The molecule has 0 aliphatic heterocycles. The molecule has 2 N–H and O–H groups in total. The molecule has 1 aliphatic carbocycles. The molecular weight excluding hydrogens is 455 g/mol. The third-order valence-electron chi connectivity index (χ3n) is 6.28. The number of nitrogens with zero attached hydrogens (tertiary/aromatic N) is 5. The molecule has 1 amide bonds. The van der Waals surface area contributed by atoms with Crippen LogP contribution in [0.1, 0.15) is 41.9 Å². The fourth-order valence-electron chi connectivity index (χ4n) is 4.21. The Morgan fingerprint density at radius 2 is 1.97 bits per heavy atom. The second-order valence-corrected chi connectivity index (χ2v) is 8.52. The first-order valence-electron chi connectivity index (χ1n) is 10.9. The highest BCUT2D eigenvalue weighted by Gasteiger charge is 2.41. The molecule has 0 radical (unpaired) electrons. The molecule has 186 valence electrons. The second kappa shape index (κ2) is 10.3. The van der Waals surface area contributed by atoms with E-state index in [0.717, 1.165) is 0 Å². The van der Waals surface area contributed by atoms with Crippen LogP contribution in [-0.2, 0) is 13.6 Å². The van der Waals surface area contributed by atoms with Gasteiger partial charge < -0.3 is 15.5 Å². The van der Waals surface area contributed by atoms with E-state index in [4.69, 9.17) is 0 Å². The number of nitrogens with one attached hydrogen (secondary N) is 2. The van der Waals surface area contributed by atoms with Crippen molar-refractivity contribution in [2.75, 3.05) is 30.9 Å². The average Bonchev–Trinajstić information content (AvgIpc) is 3.20. The van der Waals surface area contributed by atoms with Crippen molar-refractivity contribution in [3.05, 3.63) is 40.0 Å². The summed E-state index contributed by atoms with van der Waals surface area (Å²) in [5.41, 5.74) is 0.525. The molecule has 0 unspecified atom stereocenters. The number of aryl methyl sites for hydroxylation is 1. The zero-order valence-corrected chi connectivity index (χ0v) is 19.2. The number of anilines is 2. The van der Waals surface area contributed by atoms with Gasteiger partial charge in [0.25, 0.3) is 11.6 Å². The molecule has 1 saturated carbocycles. The minimum atomic E-state index is -4.19. The summed E-state index contributed by atoms with van der Waals surface area (Å²) in [6, 6.07) is 2.74. The van der Waals surface area contributed by atoms with Crippen LogP contribution >= 0.6 is 0 Å². The van der Waals surface area contributed by atoms with Crippen LogP contribution in [0, 0.1) is 22.0 Å². The lowest BCUT2D eigenvalue weighted by Gasteiger charge is -2.30. The average molecular weight is 483 g/mol. The van der Waals surface area contributed by atoms with Gasteiger partial charge in [0.1, 0.15) is 17.8 Å². The lowest BCUT2D eigenvalue weighted by molar-refractivity contribution is -0.383. The largest absolute Gasteiger partial charge is 0.391 e. The van der Waals surface area contributed by atoms with Gasteiger partial charge in [0.2, 0.25) is 0 Å². The molecule has 13 heteroatoms. The Balaban J connectivity index is 1.79. The fraction of sp³-hybridized carbons (Fsp3) is 0.571. The molecule has 10 nitrogen and oxygen atoms in total. The van der Waals surface area contributed by atoms with E-state index in [0.29, 0.717) is 30.9 Å². The number of rotatable bonds is 8. The van der Waals surface area contributed by atoms with E-state index >= 15 is 0 Å². The summed E-state index contributed by atoms with van der Waals surface area (Å²) in [5.74, 6) is -1.27. The first-order chi connectivity index (χ1) is 16.0. The molecule has 1 aliphatic rings. The van der Waals surface area contributed by atoms with Gasteiger partial charge in [-0.1, -0.05) is 0 Å². The van der Waals surface area contributed by atoms with Crippen LogP contribution in [0.3, 0.4) is 0 Å². The molecule has 0 atom stereocenters. The van der Waals surface area contributed by atoms with Crippen LogP contribution in [0.25, 0.3) is 0 Å². The van der Waals surface area contributed by atoms with Gasteiger partial charge in [0, 0.05) is 33.8 Å². The van der Waals surface area contributed by atoms with Crippen molar-refractivity contribution in [1.29, 1.82) is 0 Å². The van der Waals surface area contributed by atoms with Crippen molar-refractivity contribution in [3.8, 4) is 0 Å². The molecule has 1 aromatic carbocycles. The highest BCUT2D eigenvalue weighted by atomic mass is 19.4. The third kappa shape index (κ3) is 5.75. The number of halogens is 3. The summed E-state index contributed by atoms with van der Waals surface area (Å²) in [5, 5.41) is 21.1. The van der Waals surface area contributed by atoms with Crippen LogP contribution in [0.2, 0.25) is 0 Å². The van der Waals surface area contributed by atoms with Crippen molar-refractivity contribution in [2.24, 2.45) is 18.9 Å². The first-order valence-corrected chi connectivity index (χ1v) is 10.9. The quantitative estimate of drug-likeness (QED) is 0.436. The van der Waals surface area contributed by atoms with Crippen LogP contribution in [0.4, 0.5) is 30.2 Å². The highest BCUT2D eigenvalue weighted by molar-refractivity contribution is 6.01. The molecular formula is C21H28F3N7O3. The van der Waals surface area contributed by atoms with Gasteiger partial charge in [-0.2, -0.15) is 18.3 Å². The number of benzene rings is 1. The van der Waals surface area contributed by atoms with E-state index in [1.165, 1.54) is 18.5 Å². The number of nitro benzene ring substituents is 1. The maximum absolute atomic E-state index is 13.1. The Bertz CT molecular complexity index is 1030.